The van der Waals surface area contributed by atoms with E-state index in [1.165, 1.54) is 38.5 Å². The van der Waals surface area contributed by atoms with Crippen LogP contribution < -0.4 is 4.74 Å². The van der Waals surface area contributed by atoms with Crippen molar-refractivity contribution in [1.82, 2.24) is 4.90 Å². The highest BCUT2D eigenvalue weighted by Gasteiger charge is 2.22. The van der Waals surface area contributed by atoms with Gasteiger partial charge in [0.15, 0.2) is 17.3 Å². The van der Waals surface area contributed by atoms with Gasteiger partial charge in [-0.2, -0.15) is 0 Å². The van der Waals surface area contributed by atoms with Crippen LogP contribution in [0.5, 0.6) is 5.75 Å². The van der Waals surface area contributed by atoms with E-state index in [4.69, 9.17) is 4.74 Å². The Kier molecular flexibility index (Phi) is 5.74. The van der Waals surface area contributed by atoms with Crippen LogP contribution in [0.25, 0.3) is 0 Å². The minimum absolute atomic E-state index is 0.0241. The summed E-state index contributed by atoms with van der Waals surface area (Å²) in [6.45, 7) is 3.30. The number of halogens is 1. The first-order chi connectivity index (χ1) is 10.2. The number of hydrogen-bond donors (Lipinski definition) is 0. The molecule has 1 aromatic carbocycles. The van der Waals surface area contributed by atoms with Crippen molar-refractivity contribution < 1.29 is 13.9 Å². The number of nitrogens with zero attached hydrogens (tertiary/aromatic N) is 1. The number of carbonyl (C=O) groups excluding carboxylic acids is 1. The Bertz CT molecular complexity index is 484. The van der Waals surface area contributed by atoms with Crippen molar-refractivity contribution in [2.45, 2.75) is 45.1 Å². The third-order valence-corrected chi connectivity index (χ3v) is 4.32. The van der Waals surface area contributed by atoms with Crippen LogP contribution in [0.1, 0.15) is 49.4 Å². The lowest BCUT2D eigenvalue weighted by Gasteiger charge is -2.33. The zero-order valence-corrected chi connectivity index (χ0v) is 12.9. The fourth-order valence-corrected chi connectivity index (χ4v) is 3.06. The first-order valence-corrected chi connectivity index (χ1v) is 7.76. The van der Waals surface area contributed by atoms with Crippen molar-refractivity contribution in [3.05, 3.63) is 29.6 Å². The molecule has 0 N–H and O–H groups in total. The summed E-state index contributed by atoms with van der Waals surface area (Å²) < 4.78 is 18.6. The summed E-state index contributed by atoms with van der Waals surface area (Å²) in [5, 5.41) is 0. The maximum absolute atomic E-state index is 13.7. The minimum atomic E-state index is -0.482. The highest BCUT2D eigenvalue weighted by Crippen LogP contribution is 2.23. The summed E-state index contributed by atoms with van der Waals surface area (Å²) in [4.78, 5) is 14.6. The third-order valence-electron chi connectivity index (χ3n) is 4.32. The van der Waals surface area contributed by atoms with E-state index in [1.807, 2.05) is 0 Å². The van der Waals surface area contributed by atoms with Crippen molar-refractivity contribution in [1.29, 1.82) is 0 Å². The van der Waals surface area contributed by atoms with Gasteiger partial charge in [0.2, 0.25) is 0 Å². The molecule has 0 unspecified atom stereocenters. The van der Waals surface area contributed by atoms with Crippen LogP contribution in [0, 0.1) is 5.82 Å². The van der Waals surface area contributed by atoms with Gasteiger partial charge in [-0.25, -0.2) is 4.39 Å². The molecular formula is C17H24FNO2. The van der Waals surface area contributed by atoms with Crippen LogP contribution in [0.4, 0.5) is 4.39 Å². The highest BCUT2D eigenvalue weighted by atomic mass is 19.1. The summed E-state index contributed by atoms with van der Waals surface area (Å²) in [5.41, 5.74) is 0.419. The normalized spacial score (nSPS) is 16.2. The summed E-state index contributed by atoms with van der Waals surface area (Å²) in [6, 6.07) is 4.92. The molecule has 0 atom stereocenters. The van der Waals surface area contributed by atoms with E-state index in [1.54, 1.807) is 6.07 Å². The van der Waals surface area contributed by atoms with E-state index in [0.29, 0.717) is 18.2 Å². The Hall–Kier alpha value is -1.42. The summed E-state index contributed by atoms with van der Waals surface area (Å²) in [5.74, 6) is -0.334. The number of ether oxygens (including phenoxy) is 1. The number of ketones is 1. The second kappa shape index (κ2) is 7.55. The predicted octanol–water partition coefficient (Wildman–Crippen LogP) is 3.67. The van der Waals surface area contributed by atoms with E-state index in [2.05, 4.69) is 11.8 Å². The molecule has 0 spiro atoms. The fourth-order valence-electron chi connectivity index (χ4n) is 3.06. The van der Waals surface area contributed by atoms with Crippen LogP contribution in [-0.4, -0.2) is 36.9 Å². The van der Waals surface area contributed by atoms with Crippen LogP contribution >= 0.6 is 0 Å². The molecule has 1 aliphatic rings. The quantitative estimate of drug-likeness (QED) is 0.749. The van der Waals surface area contributed by atoms with E-state index < -0.39 is 5.82 Å². The average molecular weight is 293 g/mol. The molecule has 1 saturated carbocycles. The standard InChI is InChI=1S/C17H24FNO2/c1-3-19(14-7-5-4-6-8-14)12-16(20)13-9-10-17(21-2)15(18)11-13/h9-11,14H,3-8,12H2,1-2H3. The topological polar surface area (TPSA) is 29.5 Å². The number of carbonyl (C=O) groups is 1. The van der Waals surface area contributed by atoms with Gasteiger partial charge in [0.05, 0.1) is 13.7 Å². The molecule has 1 aromatic rings. The maximum Gasteiger partial charge on any atom is 0.176 e. The van der Waals surface area contributed by atoms with Crippen LogP contribution in [-0.2, 0) is 0 Å². The molecule has 3 nitrogen and oxygen atoms in total. The molecule has 0 heterocycles. The molecule has 0 amide bonds. The lowest BCUT2D eigenvalue weighted by Crippen LogP contribution is -2.40. The van der Waals surface area contributed by atoms with Gasteiger partial charge in [-0.3, -0.25) is 9.69 Å². The second-order valence-electron chi connectivity index (χ2n) is 5.63. The Balaban J connectivity index is 2.03. The Morgan fingerprint density at radius 2 is 2.05 bits per heavy atom. The number of rotatable bonds is 6. The van der Waals surface area contributed by atoms with Crippen molar-refractivity contribution in [2.24, 2.45) is 0 Å². The molecule has 1 aliphatic carbocycles. The van der Waals surface area contributed by atoms with Gasteiger partial charge in [0, 0.05) is 11.6 Å². The molecule has 4 heteroatoms. The van der Waals surface area contributed by atoms with Crippen molar-refractivity contribution in [3.63, 3.8) is 0 Å². The summed E-state index contributed by atoms with van der Waals surface area (Å²) in [7, 11) is 1.42. The number of Topliss-reactive ketones (excluding diaryl/α,β-unsaturated/α-hetero) is 1. The third kappa shape index (κ3) is 4.03. The number of benzene rings is 1. The molecular weight excluding hydrogens is 269 g/mol. The Morgan fingerprint density at radius 3 is 2.62 bits per heavy atom. The molecule has 0 aromatic heterocycles. The zero-order valence-electron chi connectivity index (χ0n) is 12.9. The van der Waals surface area contributed by atoms with E-state index in [0.717, 1.165) is 19.4 Å². The van der Waals surface area contributed by atoms with E-state index in [-0.39, 0.29) is 11.5 Å². The van der Waals surface area contributed by atoms with Gasteiger partial charge in [0.25, 0.3) is 0 Å². The van der Waals surface area contributed by atoms with Gasteiger partial charge >= 0.3 is 0 Å². The smallest absolute Gasteiger partial charge is 0.176 e. The van der Waals surface area contributed by atoms with Gasteiger partial charge in [-0.1, -0.05) is 26.2 Å². The lowest BCUT2D eigenvalue weighted by molar-refractivity contribution is 0.0868. The lowest BCUT2D eigenvalue weighted by atomic mass is 9.94. The molecule has 0 bridgehead atoms. The van der Waals surface area contributed by atoms with Gasteiger partial charge in [-0.15, -0.1) is 0 Å². The monoisotopic (exact) mass is 293 g/mol. The maximum atomic E-state index is 13.7. The summed E-state index contributed by atoms with van der Waals surface area (Å²) >= 11 is 0. The zero-order chi connectivity index (χ0) is 15.2. The molecule has 0 radical (unpaired) electrons. The van der Waals surface area contributed by atoms with Crippen molar-refractivity contribution in [3.8, 4) is 5.75 Å². The van der Waals surface area contributed by atoms with E-state index >= 15 is 0 Å². The minimum Gasteiger partial charge on any atom is -0.494 e. The molecule has 1 fully saturated rings. The van der Waals surface area contributed by atoms with Crippen LogP contribution in [0.15, 0.2) is 18.2 Å². The SMILES string of the molecule is CCN(CC(=O)c1ccc(OC)c(F)c1)C1CCCCC1. The van der Waals surface area contributed by atoms with Crippen molar-refractivity contribution >= 4 is 5.78 Å². The number of likely N-dealkylation sites (N-methyl/N-ethyl adjacent to an activating group) is 1. The molecule has 21 heavy (non-hydrogen) atoms. The average Bonchev–Trinajstić information content (AvgIpc) is 2.53. The Labute approximate surface area is 126 Å². The van der Waals surface area contributed by atoms with Gasteiger partial charge in [-0.05, 0) is 37.6 Å². The van der Waals surface area contributed by atoms with Gasteiger partial charge in [0.1, 0.15) is 0 Å². The van der Waals surface area contributed by atoms with E-state index in [9.17, 15) is 9.18 Å². The first-order valence-electron chi connectivity index (χ1n) is 7.76. The van der Waals surface area contributed by atoms with Crippen LogP contribution in [0.3, 0.4) is 0 Å². The van der Waals surface area contributed by atoms with Gasteiger partial charge < -0.3 is 4.74 Å². The molecule has 116 valence electrons. The second-order valence-corrected chi connectivity index (χ2v) is 5.63. The molecule has 2 rings (SSSR count). The fraction of sp³-hybridized carbons (Fsp3) is 0.588. The molecule has 0 aliphatic heterocycles. The molecule has 0 saturated heterocycles. The number of hydrogen-bond acceptors (Lipinski definition) is 3. The highest BCUT2D eigenvalue weighted by molar-refractivity contribution is 5.97. The largest absolute Gasteiger partial charge is 0.494 e. The number of methoxy groups -OCH3 is 1. The first kappa shape index (κ1) is 16.0. The Morgan fingerprint density at radius 1 is 1.33 bits per heavy atom. The summed E-state index contributed by atoms with van der Waals surface area (Å²) in [6.07, 6.45) is 6.11. The van der Waals surface area contributed by atoms with Crippen molar-refractivity contribution in [2.75, 3.05) is 20.2 Å². The predicted molar refractivity (Wildman–Crippen MR) is 81.4 cm³/mol. The van der Waals surface area contributed by atoms with Crippen LogP contribution in [0.2, 0.25) is 0 Å².